The van der Waals surface area contributed by atoms with Gasteiger partial charge < -0.3 is 15.0 Å². The normalized spacial score (nSPS) is 15.1. The minimum absolute atomic E-state index is 0.0386. The molecule has 1 saturated carbocycles. The zero-order valence-electron chi connectivity index (χ0n) is 13.9. The summed E-state index contributed by atoms with van der Waals surface area (Å²) < 4.78 is 5.25. The van der Waals surface area contributed by atoms with Gasteiger partial charge in [0.2, 0.25) is 5.91 Å². The number of imidazole rings is 1. The van der Waals surface area contributed by atoms with Gasteiger partial charge in [-0.2, -0.15) is 0 Å². The van der Waals surface area contributed by atoms with Crippen molar-refractivity contribution in [3.63, 3.8) is 0 Å². The van der Waals surface area contributed by atoms with Gasteiger partial charge in [0, 0.05) is 12.1 Å². The minimum atomic E-state index is -0.329. The summed E-state index contributed by atoms with van der Waals surface area (Å²) in [5, 5.41) is 3.50. The number of benzene rings is 2. The van der Waals surface area contributed by atoms with Crippen molar-refractivity contribution in [3.05, 3.63) is 54.1 Å². The molecule has 0 bridgehead atoms. The van der Waals surface area contributed by atoms with Crippen LogP contribution in [0.15, 0.2) is 53.7 Å². The number of H-pyrrole nitrogens is 1. The molecule has 0 saturated heterocycles. The van der Waals surface area contributed by atoms with Gasteiger partial charge in [-0.25, -0.2) is 4.98 Å². The Hall–Kier alpha value is -2.47. The van der Waals surface area contributed by atoms with Crippen molar-refractivity contribution in [2.45, 2.75) is 29.3 Å². The monoisotopic (exact) mass is 353 g/mol. The maximum atomic E-state index is 12.7. The third kappa shape index (κ3) is 3.64. The van der Waals surface area contributed by atoms with Crippen molar-refractivity contribution in [1.82, 2.24) is 15.3 Å². The number of aromatic amines is 1. The molecule has 6 heteroatoms. The molecule has 1 aliphatic rings. The van der Waals surface area contributed by atoms with E-state index in [2.05, 4.69) is 15.3 Å². The molecule has 128 valence electrons. The molecule has 1 aromatic heterocycles. The number of hydrogen-bond donors (Lipinski definition) is 2. The summed E-state index contributed by atoms with van der Waals surface area (Å²) >= 11 is 1.44. The Labute approximate surface area is 150 Å². The van der Waals surface area contributed by atoms with Crippen LogP contribution in [-0.4, -0.2) is 29.0 Å². The largest absolute Gasteiger partial charge is 0.497 e. The van der Waals surface area contributed by atoms with Crippen LogP contribution in [0.1, 0.15) is 23.7 Å². The molecule has 2 aromatic carbocycles. The quantitative estimate of drug-likeness (QED) is 0.663. The van der Waals surface area contributed by atoms with Crippen molar-refractivity contribution in [3.8, 4) is 5.75 Å². The zero-order chi connectivity index (χ0) is 17.2. The molecule has 0 spiro atoms. The number of nitrogens with one attached hydrogen (secondary N) is 2. The standard InChI is InChI=1S/C19H19N3O2S/c1-24-14-9-10-15-16(11-14)22-19(21-15)25-17(12-5-3-2-4-6-12)18(23)20-13-7-8-13/h2-6,9-11,13,17H,7-8H2,1H3,(H,20,23)(H,21,22)/t17-/m0/s1. The summed E-state index contributed by atoms with van der Waals surface area (Å²) in [6.45, 7) is 0. The Morgan fingerprint density at radius 1 is 1.28 bits per heavy atom. The first-order valence-corrected chi connectivity index (χ1v) is 9.16. The van der Waals surface area contributed by atoms with E-state index in [1.807, 2.05) is 48.5 Å². The number of amides is 1. The predicted octanol–water partition coefficient (Wildman–Crippen LogP) is 3.68. The average molecular weight is 353 g/mol. The summed E-state index contributed by atoms with van der Waals surface area (Å²) in [7, 11) is 1.64. The first-order chi connectivity index (χ1) is 12.2. The van der Waals surface area contributed by atoms with E-state index in [1.54, 1.807) is 7.11 Å². The number of rotatable bonds is 6. The van der Waals surface area contributed by atoms with Crippen LogP contribution in [0.4, 0.5) is 0 Å². The number of thioether (sulfide) groups is 1. The lowest BCUT2D eigenvalue weighted by Crippen LogP contribution is -2.29. The van der Waals surface area contributed by atoms with E-state index < -0.39 is 0 Å². The second-order valence-electron chi connectivity index (χ2n) is 6.12. The number of aromatic nitrogens is 2. The molecule has 0 aliphatic heterocycles. The summed E-state index contributed by atoms with van der Waals surface area (Å²) in [6.07, 6.45) is 2.14. The predicted molar refractivity (Wildman–Crippen MR) is 98.9 cm³/mol. The zero-order valence-corrected chi connectivity index (χ0v) is 14.7. The maximum Gasteiger partial charge on any atom is 0.238 e. The summed E-state index contributed by atoms with van der Waals surface area (Å²) in [5.41, 5.74) is 2.73. The fourth-order valence-electron chi connectivity index (χ4n) is 2.67. The smallest absolute Gasteiger partial charge is 0.238 e. The van der Waals surface area contributed by atoms with E-state index in [4.69, 9.17) is 4.74 Å². The summed E-state index contributed by atoms with van der Waals surface area (Å²) in [4.78, 5) is 20.6. The third-order valence-corrected chi connectivity index (χ3v) is 5.30. The van der Waals surface area contributed by atoms with Crippen LogP contribution in [0.5, 0.6) is 5.75 Å². The van der Waals surface area contributed by atoms with E-state index in [0.717, 1.165) is 40.3 Å². The molecule has 0 radical (unpaired) electrons. The Balaban J connectivity index is 1.62. The number of nitrogens with zero attached hydrogens (tertiary/aromatic N) is 1. The molecular formula is C19H19N3O2S. The lowest BCUT2D eigenvalue weighted by atomic mass is 10.1. The summed E-state index contributed by atoms with van der Waals surface area (Å²) in [5.74, 6) is 0.815. The van der Waals surface area contributed by atoms with Gasteiger partial charge in [-0.15, -0.1) is 0 Å². The van der Waals surface area contributed by atoms with E-state index >= 15 is 0 Å². The van der Waals surface area contributed by atoms with Gasteiger partial charge in [0.05, 0.1) is 18.1 Å². The molecule has 0 unspecified atom stereocenters. The molecule has 1 amide bonds. The molecule has 5 nitrogen and oxygen atoms in total. The van der Waals surface area contributed by atoms with Crippen molar-refractivity contribution in [1.29, 1.82) is 0 Å². The van der Waals surface area contributed by atoms with E-state index in [9.17, 15) is 4.79 Å². The van der Waals surface area contributed by atoms with Crippen LogP contribution in [-0.2, 0) is 4.79 Å². The molecule has 25 heavy (non-hydrogen) atoms. The van der Waals surface area contributed by atoms with Crippen LogP contribution in [0.2, 0.25) is 0 Å². The average Bonchev–Trinajstić information content (AvgIpc) is 3.36. The Morgan fingerprint density at radius 3 is 2.80 bits per heavy atom. The van der Waals surface area contributed by atoms with Crippen molar-refractivity contribution >= 4 is 28.7 Å². The highest BCUT2D eigenvalue weighted by Crippen LogP contribution is 2.36. The number of carbonyl (C=O) groups is 1. The van der Waals surface area contributed by atoms with Gasteiger partial charge in [-0.3, -0.25) is 4.79 Å². The van der Waals surface area contributed by atoms with Gasteiger partial charge in [0.25, 0.3) is 0 Å². The van der Waals surface area contributed by atoms with Gasteiger partial charge in [0.1, 0.15) is 11.0 Å². The highest BCUT2D eigenvalue weighted by atomic mass is 32.2. The minimum Gasteiger partial charge on any atom is -0.497 e. The van der Waals surface area contributed by atoms with Gasteiger partial charge >= 0.3 is 0 Å². The van der Waals surface area contributed by atoms with Crippen LogP contribution in [0.3, 0.4) is 0 Å². The van der Waals surface area contributed by atoms with Crippen molar-refractivity contribution < 1.29 is 9.53 Å². The van der Waals surface area contributed by atoms with Crippen molar-refractivity contribution in [2.24, 2.45) is 0 Å². The van der Waals surface area contributed by atoms with Crippen molar-refractivity contribution in [2.75, 3.05) is 7.11 Å². The molecule has 2 N–H and O–H groups in total. The highest BCUT2D eigenvalue weighted by molar-refractivity contribution is 8.00. The lowest BCUT2D eigenvalue weighted by molar-refractivity contribution is -0.120. The second kappa shape index (κ2) is 6.80. The van der Waals surface area contributed by atoms with Crippen LogP contribution >= 0.6 is 11.8 Å². The molecule has 1 aliphatic carbocycles. The molecule has 1 fully saturated rings. The Bertz CT molecular complexity index is 890. The lowest BCUT2D eigenvalue weighted by Gasteiger charge is -2.15. The topological polar surface area (TPSA) is 67.0 Å². The van der Waals surface area contributed by atoms with Gasteiger partial charge in [-0.1, -0.05) is 42.1 Å². The summed E-state index contributed by atoms with van der Waals surface area (Å²) in [6, 6.07) is 15.9. The number of methoxy groups -OCH3 is 1. The first kappa shape index (κ1) is 16.0. The fourth-order valence-corrected chi connectivity index (χ4v) is 3.68. The first-order valence-electron chi connectivity index (χ1n) is 8.28. The Morgan fingerprint density at radius 2 is 2.08 bits per heavy atom. The number of carbonyl (C=O) groups excluding carboxylic acids is 1. The van der Waals surface area contributed by atoms with E-state index in [-0.39, 0.29) is 11.2 Å². The Kier molecular flexibility index (Phi) is 4.36. The molecule has 1 heterocycles. The molecule has 1 atom stereocenters. The van der Waals surface area contributed by atoms with Gasteiger partial charge in [-0.05, 0) is 30.5 Å². The number of fused-ring (bicyclic) bond motifs is 1. The van der Waals surface area contributed by atoms with E-state index in [0.29, 0.717) is 6.04 Å². The van der Waals surface area contributed by atoms with Gasteiger partial charge in [0.15, 0.2) is 5.16 Å². The molecular weight excluding hydrogens is 334 g/mol. The SMILES string of the molecule is COc1ccc2nc(S[C@H](C(=O)NC3CC3)c3ccccc3)[nH]c2c1. The molecule has 4 rings (SSSR count). The highest BCUT2D eigenvalue weighted by Gasteiger charge is 2.29. The number of hydrogen-bond acceptors (Lipinski definition) is 4. The fraction of sp³-hybridized carbons (Fsp3) is 0.263. The van der Waals surface area contributed by atoms with Crippen LogP contribution < -0.4 is 10.1 Å². The number of ether oxygens (including phenoxy) is 1. The maximum absolute atomic E-state index is 12.7. The van der Waals surface area contributed by atoms with E-state index in [1.165, 1.54) is 11.8 Å². The second-order valence-corrected chi connectivity index (χ2v) is 7.21. The van der Waals surface area contributed by atoms with Crippen LogP contribution in [0, 0.1) is 0 Å². The molecule has 3 aromatic rings. The van der Waals surface area contributed by atoms with Crippen LogP contribution in [0.25, 0.3) is 11.0 Å². The third-order valence-electron chi connectivity index (χ3n) is 4.16.